The van der Waals surface area contributed by atoms with Gasteiger partial charge in [-0.1, -0.05) is 24.3 Å². The van der Waals surface area contributed by atoms with Crippen LogP contribution in [0.1, 0.15) is 0 Å². The largest absolute Gasteiger partial charge is 0.481 e. The highest BCUT2D eigenvalue weighted by molar-refractivity contribution is 9.10. The van der Waals surface area contributed by atoms with Gasteiger partial charge in [0.1, 0.15) is 0 Å². The van der Waals surface area contributed by atoms with Gasteiger partial charge in [0.25, 0.3) is 5.91 Å². The third-order valence-corrected chi connectivity index (χ3v) is 7.14. The highest BCUT2D eigenvalue weighted by Gasteiger charge is 2.31. The van der Waals surface area contributed by atoms with Gasteiger partial charge < -0.3 is 9.64 Å². The van der Waals surface area contributed by atoms with E-state index in [0.717, 1.165) is 0 Å². The zero-order valence-corrected chi connectivity index (χ0v) is 16.7. The molecule has 0 saturated carbocycles. The van der Waals surface area contributed by atoms with Gasteiger partial charge in [-0.15, -0.1) is 0 Å². The summed E-state index contributed by atoms with van der Waals surface area (Å²) in [6, 6.07) is 12.5. The Kier molecular flexibility index (Phi) is 6.13. The van der Waals surface area contributed by atoms with Gasteiger partial charge in [0.05, 0.1) is 4.90 Å². The molecule has 1 heterocycles. The highest BCUT2D eigenvalue weighted by atomic mass is 79.9. The van der Waals surface area contributed by atoms with Crippen molar-refractivity contribution >= 4 is 31.9 Å². The average Bonchev–Trinajstić information content (AvgIpc) is 2.67. The van der Waals surface area contributed by atoms with E-state index in [-0.39, 0.29) is 49.3 Å². The highest BCUT2D eigenvalue weighted by Crippen LogP contribution is 2.25. The first-order valence-electron chi connectivity index (χ1n) is 8.29. The number of ether oxygens (including phenoxy) is 1. The molecule has 1 aliphatic heterocycles. The molecular formula is C18H18BrFN2O4S. The Morgan fingerprint density at radius 3 is 2.33 bits per heavy atom. The van der Waals surface area contributed by atoms with E-state index in [2.05, 4.69) is 15.9 Å². The van der Waals surface area contributed by atoms with Crippen molar-refractivity contribution in [2.75, 3.05) is 32.8 Å². The Hall–Kier alpha value is -1.97. The monoisotopic (exact) mass is 456 g/mol. The van der Waals surface area contributed by atoms with Crippen LogP contribution in [0.5, 0.6) is 5.75 Å². The van der Waals surface area contributed by atoms with Gasteiger partial charge in [-0.3, -0.25) is 4.79 Å². The summed E-state index contributed by atoms with van der Waals surface area (Å²) in [5, 5.41) is 0. The lowest BCUT2D eigenvalue weighted by atomic mass is 10.3. The zero-order valence-electron chi connectivity index (χ0n) is 14.3. The molecular weight excluding hydrogens is 439 g/mol. The number of hydrogen-bond donors (Lipinski definition) is 0. The number of halogens is 2. The van der Waals surface area contributed by atoms with Crippen LogP contribution in [0.4, 0.5) is 4.39 Å². The summed E-state index contributed by atoms with van der Waals surface area (Å²) in [7, 11) is -3.64. The van der Waals surface area contributed by atoms with Crippen molar-refractivity contribution in [3.8, 4) is 5.75 Å². The quantitative estimate of drug-likeness (QED) is 0.692. The first-order chi connectivity index (χ1) is 12.9. The van der Waals surface area contributed by atoms with Crippen LogP contribution in [0.25, 0.3) is 0 Å². The van der Waals surface area contributed by atoms with Crippen molar-refractivity contribution in [2.45, 2.75) is 4.90 Å². The second kappa shape index (κ2) is 8.37. The molecule has 0 atom stereocenters. The molecule has 0 unspecified atom stereocenters. The van der Waals surface area contributed by atoms with E-state index in [1.807, 2.05) is 0 Å². The van der Waals surface area contributed by atoms with Gasteiger partial charge in [-0.2, -0.15) is 4.31 Å². The number of nitrogens with zero attached hydrogens (tertiary/aromatic N) is 2. The van der Waals surface area contributed by atoms with E-state index < -0.39 is 15.8 Å². The van der Waals surface area contributed by atoms with Crippen molar-refractivity contribution in [1.82, 2.24) is 9.21 Å². The van der Waals surface area contributed by atoms with Crippen LogP contribution in [0.3, 0.4) is 0 Å². The summed E-state index contributed by atoms with van der Waals surface area (Å²) in [5.74, 6) is -0.827. The van der Waals surface area contributed by atoms with Crippen molar-refractivity contribution in [1.29, 1.82) is 0 Å². The predicted molar refractivity (Wildman–Crippen MR) is 101 cm³/mol. The molecule has 1 saturated heterocycles. The van der Waals surface area contributed by atoms with Crippen LogP contribution in [-0.4, -0.2) is 56.3 Å². The van der Waals surface area contributed by atoms with E-state index in [4.69, 9.17) is 4.74 Å². The summed E-state index contributed by atoms with van der Waals surface area (Å²) in [6.45, 7) is 0.592. The average molecular weight is 457 g/mol. The van der Waals surface area contributed by atoms with Gasteiger partial charge in [-0.05, 0) is 40.2 Å². The number of hydrogen-bond acceptors (Lipinski definition) is 4. The van der Waals surface area contributed by atoms with E-state index in [1.165, 1.54) is 27.4 Å². The first-order valence-corrected chi connectivity index (χ1v) is 10.5. The fourth-order valence-corrected chi connectivity index (χ4v) is 5.15. The molecule has 27 heavy (non-hydrogen) atoms. The lowest BCUT2D eigenvalue weighted by Gasteiger charge is -2.34. The minimum absolute atomic E-state index is 0.0148. The molecule has 0 radical (unpaired) electrons. The molecule has 2 aromatic rings. The molecule has 0 N–H and O–H groups in total. The maximum absolute atomic E-state index is 13.5. The molecule has 3 rings (SSSR count). The molecule has 1 amide bonds. The van der Waals surface area contributed by atoms with Gasteiger partial charge in [0, 0.05) is 30.7 Å². The number of sulfonamides is 1. The Labute approximate surface area is 165 Å². The zero-order chi connectivity index (χ0) is 19.4. The van der Waals surface area contributed by atoms with Crippen LogP contribution >= 0.6 is 15.9 Å². The molecule has 1 fully saturated rings. The fraction of sp³-hybridized carbons (Fsp3) is 0.278. The Balaban J connectivity index is 1.58. The number of carbonyl (C=O) groups excluding carboxylic acids is 1. The van der Waals surface area contributed by atoms with Crippen molar-refractivity contribution in [3.63, 3.8) is 0 Å². The van der Waals surface area contributed by atoms with Crippen LogP contribution in [0.2, 0.25) is 0 Å². The standard InChI is InChI=1S/C18H18BrFN2O4S/c19-14-5-1-4-8-17(14)27(24,25)22-11-9-21(10-12-22)18(23)13-26-16-7-3-2-6-15(16)20/h1-8H,9-13H2. The maximum Gasteiger partial charge on any atom is 0.260 e. The lowest BCUT2D eigenvalue weighted by molar-refractivity contribution is -0.134. The minimum atomic E-state index is -3.64. The van der Waals surface area contributed by atoms with E-state index in [9.17, 15) is 17.6 Å². The minimum Gasteiger partial charge on any atom is -0.481 e. The molecule has 6 nitrogen and oxygen atoms in total. The lowest BCUT2D eigenvalue weighted by Crippen LogP contribution is -2.51. The summed E-state index contributed by atoms with van der Waals surface area (Å²) in [4.78, 5) is 14.0. The number of amides is 1. The summed E-state index contributed by atoms with van der Waals surface area (Å²) < 4.78 is 46.1. The molecule has 0 spiro atoms. The third-order valence-electron chi connectivity index (χ3n) is 4.23. The Morgan fingerprint density at radius 1 is 1.04 bits per heavy atom. The molecule has 0 aromatic heterocycles. The Morgan fingerprint density at radius 2 is 1.67 bits per heavy atom. The fourth-order valence-electron chi connectivity index (χ4n) is 2.76. The molecule has 9 heteroatoms. The van der Waals surface area contributed by atoms with Gasteiger partial charge in [0.15, 0.2) is 18.2 Å². The summed E-state index contributed by atoms with van der Waals surface area (Å²) in [6.07, 6.45) is 0. The molecule has 2 aromatic carbocycles. The van der Waals surface area contributed by atoms with Crippen LogP contribution in [-0.2, 0) is 14.8 Å². The molecule has 0 aliphatic carbocycles. The van der Waals surface area contributed by atoms with Crippen LogP contribution in [0.15, 0.2) is 57.9 Å². The maximum atomic E-state index is 13.5. The van der Waals surface area contributed by atoms with Crippen molar-refractivity contribution in [3.05, 3.63) is 58.8 Å². The van der Waals surface area contributed by atoms with Gasteiger partial charge in [0.2, 0.25) is 10.0 Å². The Bertz CT molecular complexity index is 930. The van der Waals surface area contributed by atoms with Crippen molar-refractivity contribution < 1.29 is 22.3 Å². The third kappa shape index (κ3) is 4.48. The van der Waals surface area contributed by atoms with E-state index in [1.54, 1.807) is 30.3 Å². The van der Waals surface area contributed by atoms with Crippen LogP contribution in [0, 0.1) is 5.82 Å². The smallest absolute Gasteiger partial charge is 0.260 e. The predicted octanol–water partition coefficient (Wildman–Crippen LogP) is 2.50. The number of rotatable bonds is 5. The van der Waals surface area contributed by atoms with E-state index >= 15 is 0 Å². The second-order valence-corrected chi connectivity index (χ2v) is 8.70. The molecule has 144 valence electrons. The van der Waals surface area contributed by atoms with Crippen molar-refractivity contribution in [2.24, 2.45) is 0 Å². The molecule has 1 aliphatic rings. The van der Waals surface area contributed by atoms with Gasteiger partial charge >= 0.3 is 0 Å². The SMILES string of the molecule is O=C(COc1ccccc1F)N1CCN(S(=O)(=O)c2ccccc2Br)CC1. The van der Waals surface area contributed by atoms with Crippen LogP contribution < -0.4 is 4.74 Å². The first kappa shape index (κ1) is 19.8. The van der Waals surface area contributed by atoms with E-state index in [0.29, 0.717) is 4.47 Å². The topological polar surface area (TPSA) is 66.9 Å². The number of piperazine rings is 1. The normalized spacial score (nSPS) is 15.6. The summed E-state index contributed by atoms with van der Waals surface area (Å²) in [5.41, 5.74) is 0. The molecule has 0 bridgehead atoms. The van der Waals surface area contributed by atoms with Gasteiger partial charge in [-0.25, -0.2) is 12.8 Å². The summed E-state index contributed by atoms with van der Waals surface area (Å²) >= 11 is 3.26. The number of benzene rings is 2. The number of carbonyl (C=O) groups is 1. The number of para-hydroxylation sites is 1. The second-order valence-electron chi connectivity index (χ2n) is 5.93.